The average molecular weight is 365 g/mol. The van der Waals surface area contributed by atoms with Gasteiger partial charge >= 0.3 is 0 Å². The van der Waals surface area contributed by atoms with Gasteiger partial charge in [-0.25, -0.2) is 26.3 Å². The topological polar surface area (TPSA) is 35.5 Å². The number of aliphatic hydroxyl groups excluding tert-OH is 1. The highest BCUT2D eigenvalue weighted by molar-refractivity contribution is 5.85. The van der Waals surface area contributed by atoms with Gasteiger partial charge in [0.2, 0.25) is 0 Å². The summed E-state index contributed by atoms with van der Waals surface area (Å²) in [4.78, 5) is 0.993. The summed E-state index contributed by atoms with van der Waals surface area (Å²) >= 11 is 0. The number of alkyl halides is 2. The highest BCUT2D eigenvalue weighted by Gasteiger charge is 2.47. The van der Waals surface area contributed by atoms with E-state index in [0.29, 0.717) is 0 Å². The molecular weight excluding hydrogens is 350 g/mol. The molecular formula is C13H15ClF6N2O. The van der Waals surface area contributed by atoms with Gasteiger partial charge in [-0.05, 0) is 0 Å². The maximum atomic E-state index is 14.0. The van der Waals surface area contributed by atoms with Gasteiger partial charge in [0.25, 0.3) is 5.92 Å². The van der Waals surface area contributed by atoms with Crippen molar-refractivity contribution >= 4 is 12.4 Å². The van der Waals surface area contributed by atoms with Crippen LogP contribution in [0.25, 0.3) is 0 Å². The van der Waals surface area contributed by atoms with Crippen molar-refractivity contribution in [1.82, 2.24) is 10.2 Å². The Hall–Kier alpha value is -1.03. The lowest BCUT2D eigenvalue weighted by molar-refractivity contribution is -0.120. The third kappa shape index (κ3) is 3.90. The van der Waals surface area contributed by atoms with Crippen molar-refractivity contribution in [2.45, 2.75) is 12.0 Å². The highest BCUT2D eigenvalue weighted by Crippen LogP contribution is 2.40. The number of benzene rings is 1. The van der Waals surface area contributed by atoms with Gasteiger partial charge in [-0.15, -0.1) is 12.4 Å². The number of rotatable bonds is 4. The summed E-state index contributed by atoms with van der Waals surface area (Å²) < 4.78 is 82.4. The Morgan fingerprint density at radius 1 is 1.09 bits per heavy atom. The largest absolute Gasteiger partial charge is 0.390 e. The Balaban J connectivity index is 0.00000264. The zero-order valence-corrected chi connectivity index (χ0v) is 12.6. The number of nitrogens with one attached hydrogen (secondary N) is 1. The third-order valence-electron chi connectivity index (χ3n) is 3.55. The molecule has 0 amide bonds. The van der Waals surface area contributed by atoms with Crippen molar-refractivity contribution in [3.05, 3.63) is 34.9 Å². The van der Waals surface area contributed by atoms with Crippen LogP contribution in [0.4, 0.5) is 26.3 Å². The van der Waals surface area contributed by atoms with Crippen molar-refractivity contribution < 1.29 is 31.4 Å². The van der Waals surface area contributed by atoms with Gasteiger partial charge in [-0.3, -0.25) is 4.90 Å². The zero-order valence-electron chi connectivity index (χ0n) is 11.8. The molecule has 0 aliphatic carbocycles. The summed E-state index contributed by atoms with van der Waals surface area (Å²) in [7, 11) is 0. The number of halogens is 7. The molecule has 10 heteroatoms. The minimum atomic E-state index is -3.97. The highest BCUT2D eigenvalue weighted by atomic mass is 35.5. The molecule has 3 nitrogen and oxygen atoms in total. The molecule has 0 saturated carbocycles. The second kappa shape index (κ2) is 7.69. The van der Waals surface area contributed by atoms with Crippen LogP contribution in [0.1, 0.15) is 11.6 Å². The first kappa shape index (κ1) is 20.0. The van der Waals surface area contributed by atoms with Gasteiger partial charge in [0.05, 0.1) is 5.56 Å². The molecule has 1 fully saturated rings. The fraction of sp³-hybridized carbons (Fsp3) is 0.538. The Bertz CT molecular complexity index is 528. The van der Waals surface area contributed by atoms with E-state index in [9.17, 15) is 26.3 Å². The van der Waals surface area contributed by atoms with Crippen molar-refractivity contribution in [1.29, 1.82) is 0 Å². The number of hydrogen-bond acceptors (Lipinski definition) is 3. The molecule has 1 aromatic rings. The maximum absolute atomic E-state index is 14.0. The van der Waals surface area contributed by atoms with Crippen LogP contribution in [0.15, 0.2) is 6.07 Å². The third-order valence-corrected chi connectivity index (χ3v) is 3.55. The second-order valence-electron chi connectivity index (χ2n) is 4.99. The summed E-state index contributed by atoms with van der Waals surface area (Å²) in [5.74, 6) is -11.3. The van der Waals surface area contributed by atoms with Crippen LogP contribution in [0.3, 0.4) is 0 Å². The van der Waals surface area contributed by atoms with Crippen LogP contribution in [-0.2, 0) is 0 Å². The molecule has 1 heterocycles. The summed E-state index contributed by atoms with van der Waals surface area (Å²) in [6, 6.07) is -2.34. The summed E-state index contributed by atoms with van der Waals surface area (Å²) in [6.07, 6.45) is 0. The maximum Gasteiger partial charge on any atom is 0.290 e. The monoisotopic (exact) mass is 364 g/mol. The Morgan fingerprint density at radius 3 is 2.00 bits per heavy atom. The Kier molecular flexibility index (Phi) is 6.70. The molecule has 2 N–H and O–H groups in total. The van der Waals surface area contributed by atoms with Crippen molar-refractivity contribution in [2.24, 2.45) is 0 Å². The first-order valence-electron chi connectivity index (χ1n) is 6.56. The van der Waals surface area contributed by atoms with E-state index < -0.39 is 47.4 Å². The minimum absolute atomic E-state index is 0. The van der Waals surface area contributed by atoms with E-state index in [1.807, 2.05) is 0 Å². The van der Waals surface area contributed by atoms with Crippen LogP contribution < -0.4 is 5.32 Å². The van der Waals surface area contributed by atoms with E-state index in [0.717, 1.165) is 4.90 Å². The molecule has 0 radical (unpaired) electrons. The van der Waals surface area contributed by atoms with Crippen LogP contribution in [0.2, 0.25) is 0 Å². The van der Waals surface area contributed by atoms with Gasteiger partial charge in [0.1, 0.15) is 12.6 Å². The molecule has 1 atom stereocenters. The van der Waals surface area contributed by atoms with Gasteiger partial charge in [0.15, 0.2) is 23.3 Å². The smallest absolute Gasteiger partial charge is 0.290 e. The number of piperazine rings is 1. The Morgan fingerprint density at radius 2 is 1.57 bits per heavy atom. The van der Waals surface area contributed by atoms with E-state index in [4.69, 9.17) is 5.11 Å². The molecule has 0 unspecified atom stereocenters. The lowest BCUT2D eigenvalue weighted by Gasteiger charge is -2.38. The quantitative estimate of drug-likeness (QED) is 0.635. The number of hydrogen-bond donors (Lipinski definition) is 2. The SMILES string of the molecule is Cl.OCC(F)(F)[C@H](c1c(F)c(F)cc(F)c1F)N1CCNCC1. The van der Waals surface area contributed by atoms with E-state index >= 15 is 0 Å². The lowest BCUT2D eigenvalue weighted by atomic mass is 9.96. The zero-order chi connectivity index (χ0) is 16.5. The molecule has 0 bridgehead atoms. The summed E-state index contributed by atoms with van der Waals surface area (Å²) in [5, 5.41) is 11.7. The van der Waals surface area contributed by atoms with Crippen molar-refractivity contribution in [3.8, 4) is 0 Å². The van der Waals surface area contributed by atoms with Gasteiger partial charge in [-0.1, -0.05) is 0 Å². The summed E-state index contributed by atoms with van der Waals surface area (Å²) in [6.45, 7) is -1.22. The average Bonchev–Trinajstić information content (AvgIpc) is 2.50. The van der Waals surface area contributed by atoms with E-state index in [1.165, 1.54) is 0 Å². The normalized spacial score (nSPS) is 17.7. The lowest BCUT2D eigenvalue weighted by Crippen LogP contribution is -2.51. The fourth-order valence-electron chi connectivity index (χ4n) is 2.52. The van der Waals surface area contributed by atoms with Gasteiger partial charge in [-0.2, -0.15) is 0 Å². The minimum Gasteiger partial charge on any atom is -0.390 e. The van der Waals surface area contributed by atoms with E-state index in [1.54, 1.807) is 0 Å². The first-order chi connectivity index (χ1) is 10.3. The molecule has 1 aliphatic rings. The standard InChI is InChI=1S/C13H14F6N2O.ClH/c14-7-5-8(15)11(17)9(10(7)16)12(13(18,19)6-22)21-3-1-20-2-4-21;/h5,12,20,22H,1-4,6H2;1H/t12-;/m0./s1. The molecule has 132 valence electrons. The Labute approximate surface area is 134 Å². The molecule has 1 saturated heterocycles. The molecule has 1 aliphatic heterocycles. The van der Waals surface area contributed by atoms with Crippen molar-refractivity contribution in [2.75, 3.05) is 32.8 Å². The number of aliphatic hydroxyl groups is 1. The van der Waals surface area contributed by atoms with Crippen LogP contribution in [-0.4, -0.2) is 48.7 Å². The van der Waals surface area contributed by atoms with Gasteiger partial charge < -0.3 is 10.4 Å². The van der Waals surface area contributed by atoms with Crippen LogP contribution in [0.5, 0.6) is 0 Å². The fourth-order valence-corrected chi connectivity index (χ4v) is 2.52. The molecule has 0 aromatic heterocycles. The van der Waals surface area contributed by atoms with E-state index in [2.05, 4.69) is 5.32 Å². The summed E-state index contributed by atoms with van der Waals surface area (Å²) in [5.41, 5.74) is -1.40. The molecule has 23 heavy (non-hydrogen) atoms. The molecule has 1 aromatic carbocycles. The predicted molar refractivity (Wildman–Crippen MR) is 72.7 cm³/mol. The van der Waals surface area contributed by atoms with E-state index in [-0.39, 0.29) is 44.7 Å². The first-order valence-corrected chi connectivity index (χ1v) is 6.56. The second-order valence-corrected chi connectivity index (χ2v) is 4.99. The molecule has 0 spiro atoms. The van der Waals surface area contributed by atoms with Crippen molar-refractivity contribution in [3.63, 3.8) is 0 Å². The van der Waals surface area contributed by atoms with Crippen LogP contribution >= 0.6 is 12.4 Å². The number of nitrogens with zero attached hydrogens (tertiary/aromatic N) is 1. The van der Waals surface area contributed by atoms with Crippen LogP contribution in [0, 0.1) is 23.3 Å². The van der Waals surface area contributed by atoms with Gasteiger partial charge in [0, 0.05) is 32.2 Å². The predicted octanol–water partition coefficient (Wildman–Crippen LogP) is 2.24. The molecule has 2 rings (SSSR count).